The van der Waals surface area contributed by atoms with Crippen molar-refractivity contribution < 1.29 is 14.8 Å². The largest absolute Gasteiger partial charge is 0.396 e. The third-order valence-electron chi connectivity index (χ3n) is 3.09. The number of benzene rings is 1. The lowest BCUT2D eigenvalue weighted by Crippen LogP contribution is -2.28. The molecule has 1 amide bonds. The first-order valence-corrected chi connectivity index (χ1v) is 6.62. The molecule has 0 spiro atoms. The summed E-state index contributed by atoms with van der Waals surface area (Å²) in [5, 5.41) is 19.7. The molecule has 0 aromatic heterocycles. The number of amides is 1. The molecule has 0 fully saturated rings. The quantitative estimate of drug-likeness (QED) is 0.286. The smallest absolute Gasteiger partial charge is 0.282 e. The van der Waals surface area contributed by atoms with Crippen LogP contribution < -0.4 is 11.3 Å². The summed E-state index contributed by atoms with van der Waals surface area (Å²) in [5.74, 6) is 4.84. The third-order valence-corrected chi connectivity index (χ3v) is 3.09. The van der Waals surface area contributed by atoms with Gasteiger partial charge in [0.15, 0.2) is 0 Å². The van der Waals surface area contributed by atoms with Gasteiger partial charge in [-0.2, -0.15) is 0 Å². The lowest BCUT2D eigenvalue weighted by molar-refractivity contribution is -0.385. The summed E-state index contributed by atoms with van der Waals surface area (Å²) >= 11 is 0. The molecule has 116 valence electrons. The summed E-state index contributed by atoms with van der Waals surface area (Å²) in [4.78, 5) is 24.1. The summed E-state index contributed by atoms with van der Waals surface area (Å²) in [6.07, 6.45) is 2.20. The van der Waals surface area contributed by atoms with Crippen molar-refractivity contribution in [3.63, 3.8) is 0 Å². The molecule has 0 radical (unpaired) electrons. The minimum Gasteiger partial charge on any atom is -0.396 e. The third kappa shape index (κ3) is 4.69. The number of hydrazine groups is 1. The van der Waals surface area contributed by atoms with E-state index in [9.17, 15) is 14.9 Å². The van der Waals surface area contributed by atoms with Gasteiger partial charge in [0.05, 0.1) is 4.92 Å². The van der Waals surface area contributed by atoms with Crippen molar-refractivity contribution in [2.45, 2.75) is 19.3 Å². The molecule has 0 atom stereocenters. The number of aliphatic hydroxyl groups is 1. The first kappa shape index (κ1) is 16.9. The van der Waals surface area contributed by atoms with Gasteiger partial charge < -0.3 is 15.4 Å². The van der Waals surface area contributed by atoms with E-state index >= 15 is 0 Å². The molecule has 1 rings (SSSR count). The second-order valence-corrected chi connectivity index (χ2v) is 4.64. The molecule has 0 saturated heterocycles. The Morgan fingerprint density at radius 3 is 2.71 bits per heavy atom. The lowest BCUT2D eigenvalue weighted by atomic mass is 10.1. The van der Waals surface area contributed by atoms with E-state index in [1.165, 1.54) is 23.1 Å². The van der Waals surface area contributed by atoms with E-state index in [-0.39, 0.29) is 17.9 Å². The van der Waals surface area contributed by atoms with Crippen LogP contribution in [0.15, 0.2) is 18.2 Å². The fraction of sp³-hybridized carbons (Fsp3) is 0.462. The van der Waals surface area contributed by atoms with Crippen molar-refractivity contribution >= 4 is 17.3 Å². The number of nitrogen functional groups attached to an aromatic ring is 1. The van der Waals surface area contributed by atoms with Gasteiger partial charge in [-0.05, 0) is 31.4 Å². The number of nitrogens with one attached hydrogen (secondary N) is 1. The Morgan fingerprint density at radius 2 is 2.14 bits per heavy atom. The Labute approximate surface area is 122 Å². The van der Waals surface area contributed by atoms with Gasteiger partial charge in [0.25, 0.3) is 11.6 Å². The van der Waals surface area contributed by atoms with E-state index in [1.807, 2.05) is 0 Å². The first-order valence-electron chi connectivity index (χ1n) is 6.62. The summed E-state index contributed by atoms with van der Waals surface area (Å²) in [7, 11) is 1.59. The van der Waals surface area contributed by atoms with E-state index in [0.29, 0.717) is 18.7 Å². The summed E-state index contributed by atoms with van der Waals surface area (Å²) < 4.78 is 0. The van der Waals surface area contributed by atoms with Gasteiger partial charge in [-0.25, -0.2) is 0 Å². The monoisotopic (exact) mass is 296 g/mol. The van der Waals surface area contributed by atoms with Crippen molar-refractivity contribution in [2.75, 3.05) is 25.6 Å². The van der Waals surface area contributed by atoms with Gasteiger partial charge in [-0.1, -0.05) is 0 Å². The van der Waals surface area contributed by atoms with E-state index < -0.39 is 10.8 Å². The second-order valence-electron chi connectivity index (χ2n) is 4.64. The Balaban J connectivity index is 2.86. The number of nitro groups is 1. The SMILES string of the molecule is CN(CCCCCO)C(=O)c1cc(NN)ccc1[N+](=O)[O-]. The van der Waals surface area contributed by atoms with Crippen LogP contribution in [0.3, 0.4) is 0 Å². The number of nitro benzene ring substituents is 1. The van der Waals surface area contributed by atoms with Crippen molar-refractivity contribution in [2.24, 2.45) is 5.84 Å². The highest BCUT2D eigenvalue weighted by Gasteiger charge is 2.23. The molecule has 0 aliphatic heterocycles. The number of anilines is 1. The summed E-state index contributed by atoms with van der Waals surface area (Å²) in [6, 6.07) is 4.06. The number of carbonyl (C=O) groups is 1. The van der Waals surface area contributed by atoms with Crippen LogP contribution in [-0.4, -0.2) is 41.0 Å². The van der Waals surface area contributed by atoms with Crippen LogP contribution in [0.1, 0.15) is 29.6 Å². The molecule has 8 heteroatoms. The minimum atomic E-state index is -0.590. The lowest BCUT2D eigenvalue weighted by Gasteiger charge is -2.17. The summed E-state index contributed by atoms with van der Waals surface area (Å²) in [5.41, 5.74) is 2.55. The number of aliphatic hydroxyl groups excluding tert-OH is 1. The molecular weight excluding hydrogens is 276 g/mol. The highest BCUT2D eigenvalue weighted by atomic mass is 16.6. The molecular formula is C13H20N4O4. The molecule has 0 aliphatic rings. The Bertz CT molecular complexity index is 507. The molecule has 0 unspecified atom stereocenters. The predicted molar refractivity (Wildman–Crippen MR) is 78.8 cm³/mol. The second kappa shape index (κ2) is 8.18. The maximum atomic E-state index is 12.3. The molecule has 1 aromatic carbocycles. The highest BCUT2D eigenvalue weighted by Crippen LogP contribution is 2.23. The maximum absolute atomic E-state index is 12.3. The number of hydrogen-bond acceptors (Lipinski definition) is 6. The molecule has 0 bridgehead atoms. The Morgan fingerprint density at radius 1 is 1.43 bits per heavy atom. The number of hydrogen-bond donors (Lipinski definition) is 3. The van der Waals surface area contributed by atoms with Crippen molar-refractivity contribution in [1.82, 2.24) is 4.90 Å². The van der Waals surface area contributed by atoms with Crippen molar-refractivity contribution in [3.05, 3.63) is 33.9 Å². The highest BCUT2D eigenvalue weighted by molar-refractivity contribution is 5.99. The molecule has 21 heavy (non-hydrogen) atoms. The van der Waals surface area contributed by atoms with E-state index in [0.717, 1.165) is 12.8 Å². The number of unbranched alkanes of at least 4 members (excludes halogenated alkanes) is 2. The number of nitrogens with two attached hydrogens (primary N) is 1. The van der Waals surface area contributed by atoms with Gasteiger partial charge >= 0.3 is 0 Å². The Hall–Kier alpha value is -2.19. The maximum Gasteiger partial charge on any atom is 0.282 e. The molecule has 4 N–H and O–H groups in total. The molecule has 0 aliphatic carbocycles. The molecule has 1 aromatic rings. The van der Waals surface area contributed by atoms with E-state index in [1.54, 1.807) is 7.05 Å². The van der Waals surface area contributed by atoms with Gasteiger partial charge in [0.2, 0.25) is 0 Å². The molecule has 8 nitrogen and oxygen atoms in total. The fourth-order valence-corrected chi connectivity index (χ4v) is 1.90. The van der Waals surface area contributed by atoms with E-state index in [4.69, 9.17) is 10.9 Å². The normalized spacial score (nSPS) is 10.2. The zero-order chi connectivity index (χ0) is 15.8. The molecule has 0 heterocycles. The van der Waals surface area contributed by atoms with Gasteiger partial charge in [-0.3, -0.25) is 20.8 Å². The summed E-state index contributed by atoms with van der Waals surface area (Å²) in [6.45, 7) is 0.587. The van der Waals surface area contributed by atoms with Crippen LogP contribution in [0.2, 0.25) is 0 Å². The topological polar surface area (TPSA) is 122 Å². The van der Waals surface area contributed by atoms with Crippen LogP contribution in [0.5, 0.6) is 0 Å². The predicted octanol–water partition coefficient (Wildman–Crippen LogP) is 1.11. The molecule has 0 saturated carbocycles. The standard InChI is InChI=1S/C13H20N4O4/c1-16(7-3-2-4-8-18)13(19)11-9-10(15-14)5-6-12(11)17(20)21/h5-6,9,15,18H,2-4,7-8,14H2,1H3. The van der Waals surface area contributed by atoms with Crippen molar-refractivity contribution in [3.8, 4) is 0 Å². The van der Waals surface area contributed by atoms with Gasteiger partial charge in [0, 0.05) is 32.0 Å². The van der Waals surface area contributed by atoms with E-state index in [2.05, 4.69) is 5.43 Å². The average Bonchev–Trinajstić information content (AvgIpc) is 2.49. The van der Waals surface area contributed by atoms with Crippen LogP contribution in [0.25, 0.3) is 0 Å². The Kier molecular flexibility index (Phi) is 6.57. The average molecular weight is 296 g/mol. The zero-order valence-electron chi connectivity index (χ0n) is 11.9. The van der Waals surface area contributed by atoms with Crippen molar-refractivity contribution in [1.29, 1.82) is 0 Å². The van der Waals surface area contributed by atoms with Gasteiger partial charge in [-0.15, -0.1) is 0 Å². The first-order chi connectivity index (χ1) is 10.0. The number of nitrogens with zero attached hydrogens (tertiary/aromatic N) is 2. The fourth-order valence-electron chi connectivity index (χ4n) is 1.90. The zero-order valence-corrected chi connectivity index (χ0v) is 11.9. The minimum absolute atomic E-state index is 0.000100. The number of rotatable bonds is 8. The van der Waals surface area contributed by atoms with Crippen LogP contribution in [0.4, 0.5) is 11.4 Å². The van der Waals surface area contributed by atoms with Crippen LogP contribution in [-0.2, 0) is 0 Å². The number of carbonyl (C=O) groups excluding carboxylic acids is 1. The van der Waals surface area contributed by atoms with Crippen LogP contribution in [0, 0.1) is 10.1 Å². The van der Waals surface area contributed by atoms with Crippen LogP contribution >= 0.6 is 0 Å². The van der Waals surface area contributed by atoms with Gasteiger partial charge in [0.1, 0.15) is 5.56 Å².